The predicted molar refractivity (Wildman–Crippen MR) is 100 cm³/mol. The van der Waals surface area contributed by atoms with E-state index in [4.69, 9.17) is 5.11 Å². The Balaban J connectivity index is 1.42. The van der Waals surface area contributed by atoms with Gasteiger partial charge in [0.25, 0.3) is 0 Å². The molecule has 2 N–H and O–H groups in total. The minimum absolute atomic E-state index is 0.00353. The van der Waals surface area contributed by atoms with Crippen LogP contribution in [0, 0.1) is 11.7 Å². The lowest BCUT2D eigenvalue weighted by atomic mass is 9.86. The molecule has 1 aromatic carbocycles. The minimum atomic E-state index is -0.763. The quantitative estimate of drug-likeness (QED) is 0.820. The van der Waals surface area contributed by atoms with E-state index in [1.165, 1.54) is 6.07 Å². The van der Waals surface area contributed by atoms with E-state index in [2.05, 4.69) is 5.32 Å². The molecule has 1 heterocycles. The van der Waals surface area contributed by atoms with E-state index in [1.807, 2.05) is 0 Å². The molecule has 7 nitrogen and oxygen atoms in total. The van der Waals surface area contributed by atoms with Crippen LogP contribution >= 0.6 is 0 Å². The second-order valence-electron chi connectivity index (χ2n) is 7.47. The van der Waals surface area contributed by atoms with Crippen LogP contribution < -0.4 is 5.32 Å². The zero-order valence-electron chi connectivity index (χ0n) is 15.8. The topological polar surface area (TPSA) is 89.9 Å². The number of hydrogen-bond donors (Lipinski definition) is 2. The van der Waals surface area contributed by atoms with E-state index in [0.717, 1.165) is 0 Å². The third-order valence-electron chi connectivity index (χ3n) is 5.62. The van der Waals surface area contributed by atoms with Gasteiger partial charge in [0.2, 0.25) is 5.91 Å². The van der Waals surface area contributed by atoms with Crippen molar-refractivity contribution in [1.82, 2.24) is 15.1 Å². The van der Waals surface area contributed by atoms with Crippen molar-refractivity contribution in [1.29, 1.82) is 0 Å². The summed E-state index contributed by atoms with van der Waals surface area (Å²) >= 11 is 0. The van der Waals surface area contributed by atoms with Crippen molar-refractivity contribution >= 4 is 17.9 Å². The highest BCUT2D eigenvalue weighted by Gasteiger charge is 2.29. The number of nitrogens with one attached hydrogen (secondary N) is 1. The van der Waals surface area contributed by atoms with Crippen molar-refractivity contribution in [3.63, 3.8) is 0 Å². The van der Waals surface area contributed by atoms with Crippen molar-refractivity contribution < 1.29 is 23.9 Å². The van der Waals surface area contributed by atoms with Crippen LogP contribution in [-0.4, -0.2) is 65.0 Å². The van der Waals surface area contributed by atoms with Crippen LogP contribution in [0.5, 0.6) is 0 Å². The number of carboxylic acid groups (broad SMARTS) is 1. The lowest BCUT2D eigenvalue weighted by Crippen LogP contribution is -2.55. The Labute approximate surface area is 163 Å². The number of nitrogens with zero attached hydrogens (tertiary/aromatic N) is 2. The molecular weight excluding hydrogens is 365 g/mol. The first-order valence-corrected chi connectivity index (χ1v) is 9.73. The summed E-state index contributed by atoms with van der Waals surface area (Å²) in [5.74, 6) is -1.60. The molecule has 1 aliphatic heterocycles. The van der Waals surface area contributed by atoms with E-state index >= 15 is 0 Å². The zero-order chi connectivity index (χ0) is 20.1. The van der Waals surface area contributed by atoms with Crippen molar-refractivity contribution in [2.75, 3.05) is 26.2 Å². The Kier molecular flexibility index (Phi) is 6.49. The normalized spacial score (nSPS) is 22.6. The number of benzene rings is 1. The summed E-state index contributed by atoms with van der Waals surface area (Å²) in [4.78, 5) is 39.2. The van der Waals surface area contributed by atoms with E-state index in [0.29, 0.717) is 57.4 Å². The molecule has 3 amide bonds. The van der Waals surface area contributed by atoms with Gasteiger partial charge in [-0.3, -0.25) is 9.59 Å². The standard InChI is InChI=1S/C20H26FN3O4/c21-17-4-2-1-3-15(17)13-18(25)23-9-11-24(12-10-23)20(28)22-16-7-5-14(6-8-16)19(26)27/h1-4,14,16H,5-13H2,(H,22,28)(H,26,27). The van der Waals surface area contributed by atoms with Gasteiger partial charge in [-0.1, -0.05) is 18.2 Å². The van der Waals surface area contributed by atoms with Gasteiger partial charge in [-0.15, -0.1) is 0 Å². The third-order valence-corrected chi connectivity index (χ3v) is 5.62. The average Bonchev–Trinajstić information content (AvgIpc) is 2.70. The van der Waals surface area contributed by atoms with Crippen LogP contribution in [0.1, 0.15) is 31.2 Å². The van der Waals surface area contributed by atoms with E-state index in [-0.39, 0.29) is 36.1 Å². The molecular formula is C20H26FN3O4. The summed E-state index contributed by atoms with van der Waals surface area (Å²) in [6.45, 7) is 1.71. The summed E-state index contributed by atoms with van der Waals surface area (Å²) < 4.78 is 13.7. The number of hydrogen-bond acceptors (Lipinski definition) is 3. The van der Waals surface area contributed by atoms with Gasteiger partial charge in [-0.25, -0.2) is 9.18 Å². The molecule has 152 valence electrons. The van der Waals surface area contributed by atoms with E-state index in [1.54, 1.807) is 28.0 Å². The molecule has 8 heteroatoms. The zero-order valence-corrected chi connectivity index (χ0v) is 15.8. The van der Waals surface area contributed by atoms with Gasteiger partial charge in [-0.2, -0.15) is 0 Å². The van der Waals surface area contributed by atoms with Crippen LogP contribution in [0.15, 0.2) is 24.3 Å². The maximum atomic E-state index is 13.7. The van der Waals surface area contributed by atoms with Crippen molar-refractivity contribution in [3.8, 4) is 0 Å². The number of piperazine rings is 1. The summed E-state index contributed by atoms with van der Waals surface area (Å²) in [5.41, 5.74) is 0.379. The average molecular weight is 391 g/mol. The molecule has 0 radical (unpaired) electrons. The van der Waals surface area contributed by atoms with E-state index < -0.39 is 5.97 Å². The molecule has 1 aromatic rings. The first-order chi connectivity index (χ1) is 13.4. The largest absolute Gasteiger partial charge is 0.481 e. The van der Waals surface area contributed by atoms with Gasteiger partial charge >= 0.3 is 12.0 Å². The van der Waals surface area contributed by atoms with Gasteiger partial charge in [0.1, 0.15) is 5.82 Å². The Hall–Kier alpha value is -2.64. The molecule has 2 fully saturated rings. The molecule has 28 heavy (non-hydrogen) atoms. The van der Waals surface area contributed by atoms with E-state index in [9.17, 15) is 18.8 Å². The van der Waals surface area contributed by atoms with Crippen molar-refractivity contribution in [3.05, 3.63) is 35.6 Å². The lowest BCUT2D eigenvalue weighted by Gasteiger charge is -2.36. The van der Waals surface area contributed by atoms with Crippen molar-refractivity contribution in [2.24, 2.45) is 5.92 Å². The summed E-state index contributed by atoms with van der Waals surface area (Å²) in [5, 5.41) is 12.0. The van der Waals surface area contributed by atoms with Crippen LogP contribution in [-0.2, 0) is 16.0 Å². The minimum Gasteiger partial charge on any atom is -0.481 e. The Morgan fingerprint density at radius 2 is 1.61 bits per heavy atom. The predicted octanol–water partition coefficient (Wildman–Crippen LogP) is 1.87. The summed E-state index contributed by atoms with van der Waals surface area (Å²) in [7, 11) is 0. The lowest BCUT2D eigenvalue weighted by molar-refractivity contribution is -0.142. The molecule has 1 saturated carbocycles. The molecule has 0 unspecified atom stereocenters. The second kappa shape index (κ2) is 9.03. The number of carboxylic acids is 1. The van der Waals surface area contributed by atoms with Gasteiger partial charge in [0, 0.05) is 32.2 Å². The van der Waals surface area contributed by atoms with Gasteiger partial charge in [-0.05, 0) is 37.3 Å². The molecule has 0 atom stereocenters. The number of halogens is 1. The molecule has 0 aromatic heterocycles. The highest BCUT2D eigenvalue weighted by molar-refractivity contribution is 5.80. The third kappa shape index (κ3) is 4.99. The fourth-order valence-electron chi connectivity index (χ4n) is 3.83. The van der Waals surface area contributed by atoms with Crippen molar-refractivity contribution in [2.45, 2.75) is 38.1 Å². The molecule has 0 spiro atoms. The maximum Gasteiger partial charge on any atom is 0.317 e. The molecule has 2 aliphatic rings. The smallest absolute Gasteiger partial charge is 0.317 e. The molecule has 1 aliphatic carbocycles. The number of aliphatic carboxylic acids is 1. The molecule has 1 saturated heterocycles. The van der Waals surface area contributed by atoms with Gasteiger partial charge in [0.15, 0.2) is 0 Å². The first kappa shape index (κ1) is 20.1. The SMILES string of the molecule is O=C(O)C1CCC(NC(=O)N2CCN(C(=O)Cc3ccccc3F)CC2)CC1. The Morgan fingerprint density at radius 1 is 1.00 bits per heavy atom. The highest BCUT2D eigenvalue weighted by Crippen LogP contribution is 2.24. The number of amides is 3. The Morgan fingerprint density at radius 3 is 2.21 bits per heavy atom. The number of rotatable bonds is 4. The number of carbonyl (C=O) groups is 3. The van der Waals surface area contributed by atoms with Gasteiger partial charge < -0.3 is 20.2 Å². The first-order valence-electron chi connectivity index (χ1n) is 9.73. The number of urea groups is 1. The number of carbonyl (C=O) groups excluding carboxylic acids is 2. The fraction of sp³-hybridized carbons (Fsp3) is 0.550. The van der Waals surface area contributed by atoms with Crippen LogP contribution in [0.3, 0.4) is 0 Å². The second-order valence-corrected chi connectivity index (χ2v) is 7.47. The van der Waals surface area contributed by atoms with Crippen LogP contribution in [0.25, 0.3) is 0 Å². The highest BCUT2D eigenvalue weighted by atomic mass is 19.1. The molecule has 3 rings (SSSR count). The molecule has 0 bridgehead atoms. The summed E-state index contributed by atoms with van der Waals surface area (Å²) in [6, 6.07) is 6.08. The van der Waals surface area contributed by atoms with Gasteiger partial charge in [0.05, 0.1) is 12.3 Å². The monoisotopic (exact) mass is 391 g/mol. The summed E-state index contributed by atoms with van der Waals surface area (Å²) in [6.07, 6.45) is 2.52. The van der Waals surface area contributed by atoms with Crippen LogP contribution in [0.4, 0.5) is 9.18 Å². The Bertz CT molecular complexity index is 726. The van der Waals surface area contributed by atoms with Crippen LogP contribution in [0.2, 0.25) is 0 Å². The maximum absolute atomic E-state index is 13.7. The fourth-order valence-corrected chi connectivity index (χ4v) is 3.83.